The second-order valence-electron chi connectivity index (χ2n) is 11.9. The standard InChI is InChI=1S/C38H24N2O2S3/c41-37-26-16-15-25-27-19-31-28(17-23(43-31)13-11-21-7-3-1-4-8-21)39(27)38(42)36-33(25)34(26)35(45-36)30-20-32-29(40(30)37)18-24(44-32)14-12-22-9-5-2-6-10-22/h1-10,15-20H,11-14H2. The van der Waals surface area contributed by atoms with Crippen LogP contribution in [0.3, 0.4) is 0 Å². The molecule has 0 radical (unpaired) electrons. The van der Waals surface area contributed by atoms with Gasteiger partial charge in [0.2, 0.25) is 0 Å². The van der Waals surface area contributed by atoms with E-state index in [4.69, 9.17) is 0 Å². The third-order valence-electron chi connectivity index (χ3n) is 9.29. The minimum Gasteiger partial charge on any atom is -0.274 e. The quantitative estimate of drug-likeness (QED) is 0.171. The Morgan fingerprint density at radius 2 is 1.00 bits per heavy atom. The SMILES string of the molecule is O=c1c2sc3c4c(ccc(c24)c2cc4sc(CCc5ccccc5)cc4n12)c(=O)n1c2cc(CCc4ccccc4)sc2cc31. The van der Waals surface area contributed by atoms with E-state index in [1.54, 1.807) is 34.0 Å². The molecule has 7 heterocycles. The smallest absolute Gasteiger partial charge is 0.273 e. The van der Waals surface area contributed by atoms with Crippen molar-refractivity contribution < 1.29 is 0 Å². The highest BCUT2D eigenvalue weighted by atomic mass is 32.1. The van der Waals surface area contributed by atoms with Crippen LogP contribution in [0.25, 0.3) is 62.4 Å². The Bertz CT molecular complexity index is 2850. The van der Waals surface area contributed by atoms with Crippen LogP contribution >= 0.6 is 34.0 Å². The summed E-state index contributed by atoms with van der Waals surface area (Å²) in [5.74, 6) is 0. The van der Waals surface area contributed by atoms with Crippen LogP contribution in [-0.4, -0.2) is 8.80 Å². The number of aromatic nitrogens is 2. The minimum absolute atomic E-state index is 0.00624. The van der Waals surface area contributed by atoms with Gasteiger partial charge in [0.05, 0.1) is 36.2 Å². The van der Waals surface area contributed by atoms with Gasteiger partial charge in [-0.1, -0.05) is 66.7 Å². The van der Waals surface area contributed by atoms with Gasteiger partial charge in [0.15, 0.2) is 0 Å². The van der Waals surface area contributed by atoms with E-state index in [-0.39, 0.29) is 11.1 Å². The minimum atomic E-state index is -0.00624. The lowest BCUT2D eigenvalue weighted by Crippen LogP contribution is -2.13. The molecule has 0 amide bonds. The number of thiophene rings is 3. The lowest BCUT2D eigenvalue weighted by Gasteiger charge is -2.06. The third-order valence-corrected chi connectivity index (χ3v) is 12.8. The average molecular weight is 637 g/mol. The van der Waals surface area contributed by atoms with Crippen LogP contribution in [0.2, 0.25) is 0 Å². The van der Waals surface area contributed by atoms with E-state index in [2.05, 4.69) is 78.9 Å². The van der Waals surface area contributed by atoms with E-state index in [1.165, 1.54) is 20.9 Å². The van der Waals surface area contributed by atoms with Crippen molar-refractivity contribution in [3.05, 3.63) is 139 Å². The lowest BCUT2D eigenvalue weighted by molar-refractivity contribution is 0.981. The van der Waals surface area contributed by atoms with Crippen molar-refractivity contribution in [1.29, 1.82) is 0 Å². The first-order valence-electron chi connectivity index (χ1n) is 15.2. The number of benzene rings is 3. The van der Waals surface area contributed by atoms with Gasteiger partial charge in [-0.3, -0.25) is 18.4 Å². The zero-order chi connectivity index (χ0) is 29.8. The zero-order valence-corrected chi connectivity index (χ0v) is 26.5. The van der Waals surface area contributed by atoms with Gasteiger partial charge in [-0.15, -0.1) is 34.0 Å². The summed E-state index contributed by atoms with van der Waals surface area (Å²) in [6.45, 7) is 0. The molecule has 0 fully saturated rings. The van der Waals surface area contributed by atoms with Crippen molar-refractivity contribution in [3.8, 4) is 0 Å². The van der Waals surface area contributed by atoms with Crippen molar-refractivity contribution in [1.82, 2.24) is 8.80 Å². The van der Waals surface area contributed by atoms with E-state index < -0.39 is 0 Å². The van der Waals surface area contributed by atoms with Crippen LogP contribution in [0, 0.1) is 0 Å². The topological polar surface area (TPSA) is 43.0 Å². The highest BCUT2D eigenvalue weighted by Gasteiger charge is 2.24. The van der Waals surface area contributed by atoms with Crippen molar-refractivity contribution in [3.63, 3.8) is 0 Å². The van der Waals surface area contributed by atoms with Crippen LogP contribution in [-0.2, 0) is 25.7 Å². The molecule has 10 rings (SSSR count). The predicted molar refractivity (Wildman–Crippen MR) is 192 cm³/mol. The largest absolute Gasteiger partial charge is 0.274 e. The summed E-state index contributed by atoms with van der Waals surface area (Å²) in [4.78, 5) is 30.9. The molecule has 0 spiro atoms. The molecule has 0 bridgehead atoms. The van der Waals surface area contributed by atoms with E-state index in [0.29, 0.717) is 5.39 Å². The van der Waals surface area contributed by atoms with Crippen LogP contribution in [0.15, 0.2) is 107 Å². The Morgan fingerprint density at radius 1 is 0.467 bits per heavy atom. The summed E-state index contributed by atoms with van der Waals surface area (Å²) in [7, 11) is 0. The Labute approximate surface area is 268 Å². The first-order chi connectivity index (χ1) is 22.1. The van der Waals surface area contributed by atoms with Gasteiger partial charge in [0.25, 0.3) is 11.1 Å². The number of hydrogen-bond donors (Lipinski definition) is 0. The maximum absolute atomic E-state index is 14.3. The van der Waals surface area contributed by atoms with Crippen LogP contribution in [0.4, 0.5) is 0 Å². The number of fused-ring (bicyclic) bond motifs is 8. The molecule has 0 aliphatic carbocycles. The van der Waals surface area contributed by atoms with Crippen LogP contribution in [0.5, 0.6) is 0 Å². The number of aryl methyl sites for hydroxylation is 4. The molecule has 4 nitrogen and oxygen atoms in total. The molecule has 0 saturated heterocycles. The maximum atomic E-state index is 14.3. The monoisotopic (exact) mass is 636 g/mol. The molecule has 3 aromatic carbocycles. The molecular weight excluding hydrogens is 613 g/mol. The highest BCUT2D eigenvalue weighted by Crippen LogP contribution is 2.44. The van der Waals surface area contributed by atoms with Crippen molar-refractivity contribution >= 4 is 96.4 Å². The number of rotatable bonds is 6. The molecule has 45 heavy (non-hydrogen) atoms. The molecule has 10 aromatic rings. The summed E-state index contributed by atoms with van der Waals surface area (Å²) < 4.78 is 7.80. The van der Waals surface area contributed by atoms with E-state index >= 15 is 0 Å². The molecular formula is C38H24N2O2S3. The number of nitrogens with zero attached hydrogens (tertiary/aromatic N) is 2. The molecule has 0 atom stereocenters. The molecule has 0 aliphatic heterocycles. The summed E-state index contributed by atoms with van der Waals surface area (Å²) in [5, 5.41) is 3.60. The third kappa shape index (κ3) is 3.69. The molecule has 216 valence electrons. The number of hydrogen-bond acceptors (Lipinski definition) is 5. The fraction of sp³-hybridized carbons (Fsp3) is 0.105. The van der Waals surface area contributed by atoms with Gasteiger partial charge in [0, 0.05) is 31.3 Å². The lowest BCUT2D eigenvalue weighted by atomic mass is 10.0. The fourth-order valence-corrected chi connectivity index (χ4v) is 10.6. The van der Waals surface area contributed by atoms with Crippen LogP contribution < -0.4 is 11.1 Å². The Balaban J connectivity index is 1.14. The van der Waals surface area contributed by atoms with Crippen molar-refractivity contribution in [2.24, 2.45) is 0 Å². The normalized spacial score (nSPS) is 12.5. The van der Waals surface area contributed by atoms with Gasteiger partial charge < -0.3 is 0 Å². The highest BCUT2D eigenvalue weighted by molar-refractivity contribution is 7.27. The molecule has 0 aliphatic rings. The van der Waals surface area contributed by atoms with E-state index in [0.717, 1.165) is 82.7 Å². The second kappa shape index (κ2) is 9.47. The number of pyridine rings is 2. The van der Waals surface area contributed by atoms with Gasteiger partial charge >= 0.3 is 0 Å². The summed E-state index contributed by atoms with van der Waals surface area (Å²) in [5.41, 5.74) is 6.43. The van der Waals surface area contributed by atoms with Crippen molar-refractivity contribution in [2.45, 2.75) is 25.7 Å². The molecule has 7 aromatic heterocycles. The van der Waals surface area contributed by atoms with Gasteiger partial charge in [0.1, 0.15) is 4.70 Å². The first kappa shape index (κ1) is 25.7. The van der Waals surface area contributed by atoms with E-state index in [1.807, 2.05) is 27.0 Å². The molecule has 0 N–H and O–H groups in total. The summed E-state index contributed by atoms with van der Waals surface area (Å²) >= 11 is 5.09. The fourth-order valence-electron chi connectivity index (χ4n) is 7.18. The van der Waals surface area contributed by atoms with Gasteiger partial charge in [-0.25, -0.2) is 0 Å². The predicted octanol–water partition coefficient (Wildman–Crippen LogP) is 9.31. The summed E-state index contributed by atoms with van der Waals surface area (Å²) in [6.07, 6.45) is 3.84. The Morgan fingerprint density at radius 3 is 1.62 bits per heavy atom. The van der Waals surface area contributed by atoms with Gasteiger partial charge in [-0.2, -0.15) is 0 Å². The van der Waals surface area contributed by atoms with Crippen LogP contribution in [0.1, 0.15) is 20.9 Å². The average Bonchev–Trinajstić information content (AvgIpc) is 3.87. The molecule has 7 heteroatoms. The van der Waals surface area contributed by atoms with Crippen molar-refractivity contribution in [2.75, 3.05) is 0 Å². The summed E-state index contributed by atoms with van der Waals surface area (Å²) in [6, 6.07) is 33.8. The molecule has 0 saturated carbocycles. The second-order valence-corrected chi connectivity index (χ2v) is 15.3. The van der Waals surface area contributed by atoms with Gasteiger partial charge in [-0.05, 0) is 67.1 Å². The Hall–Kier alpha value is -4.56. The first-order valence-corrected chi connectivity index (χ1v) is 17.6. The maximum Gasteiger partial charge on any atom is 0.273 e. The zero-order valence-electron chi connectivity index (χ0n) is 24.0. The Kier molecular flexibility index (Phi) is 5.42. The van der Waals surface area contributed by atoms with E-state index in [9.17, 15) is 9.59 Å². The molecule has 0 unspecified atom stereocenters.